The molecule has 0 bridgehead atoms. The lowest BCUT2D eigenvalue weighted by Crippen LogP contribution is -2.25. The summed E-state index contributed by atoms with van der Waals surface area (Å²) >= 11 is 5.94. The highest BCUT2D eigenvalue weighted by Crippen LogP contribution is 2.21. The van der Waals surface area contributed by atoms with Crippen LogP contribution in [-0.4, -0.2) is 25.9 Å². The van der Waals surface area contributed by atoms with Crippen LogP contribution in [0.3, 0.4) is 0 Å². The highest BCUT2D eigenvalue weighted by molar-refractivity contribution is 6.31. The van der Waals surface area contributed by atoms with Gasteiger partial charge in [0, 0.05) is 24.6 Å². The molecule has 0 aromatic heterocycles. The highest BCUT2D eigenvalue weighted by Gasteiger charge is 2.06. The van der Waals surface area contributed by atoms with Crippen molar-refractivity contribution < 1.29 is 9.47 Å². The van der Waals surface area contributed by atoms with Gasteiger partial charge in [0.2, 0.25) is 0 Å². The number of ether oxygens (including phenoxy) is 2. The Morgan fingerprint density at radius 3 is 2.76 bits per heavy atom. The molecule has 1 aromatic carbocycles. The second-order valence-corrected chi connectivity index (χ2v) is 4.27. The first-order valence-corrected chi connectivity index (χ1v) is 6.25. The molecule has 1 aromatic rings. The predicted molar refractivity (Wildman–Crippen MR) is 70.8 cm³/mol. The van der Waals surface area contributed by atoms with Crippen molar-refractivity contribution in [2.45, 2.75) is 26.4 Å². The van der Waals surface area contributed by atoms with Crippen molar-refractivity contribution in [1.29, 1.82) is 0 Å². The van der Waals surface area contributed by atoms with E-state index in [9.17, 15) is 0 Å². The maximum atomic E-state index is 5.94. The van der Waals surface area contributed by atoms with Crippen molar-refractivity contribution in [2.24, 2.45) is 5.73 Å². The summed E-state index contributed by atoms with van der Waals surface area (Å²) in [4.78, 5) is 0. The van der Waals surface area contributed by atoms with Crippen molar-refractivity contribution in [3.63, 3.8) is 0 Å². The van der Waals surface area contributed by atoms with E-state index in [1.165, 1.54) is 0 Å². The summed E-state index contributed by atoms with van der Waals surface area (Å²) in [5, 5.41) is 0.756. The summed E-state index contributed by atoms with van der Waals surface area (Å²) in [7, 11) is 0. The fourth-order valence-corrected chi connectivity index (χ4v) is 1.64. The van der Waals surface area contributed by atoms with Crippen LogP contribution in [0.25, 0.3) is 0 Å². The molecule has 0 saturated carbocycles. The van der Waals surface area contributed by atoms with Crippen LogP contribution in [-0.2, 0) is 4.74 Å². The Morgan fingerprint density at radius 2 is 2.18 bits per heavy atom. The number of benzene rings is 1. The third-order valence-electron chi connectivity index (χ3n) is 2.50. The van der Waals surface area contributed by atoms with E-state index in [1.807, 2.05) is 32.0 Å². The Bertz CT molecular complexity index is 344. The second kappa shape index (κ2) is 7.54. The number of aryl methyl sites for hydroxylation is 1. The third-order valence-corrected chi connectivity index (χ3v) is 2.93. The molecule has 0 aliphatic carbocycles. The lowest BCUT2D eigenvalue weighted by Gasteiger charge is -2.15. The molecule has 0 amide bonds. The summed E-state index contributed by atoms with van der Waals surface area (Å²) < 4.78 is 11.1. The van der Waals surface area contributed by atoms with Crippen LogP contribution < -0.4 is 10.5 Å². The van der Waals surface area contributed by atoms with Crippen molar-refractivity contribution in [3.05, 3.63) is 28.8 Å². The Kier molecular flexibility index (Phi) is 6.34. The van der Waals surface area contributed by atoms with E-state index in [-0.39, 0.29) is 6.10 Å². The van der Waals surface area contributed by atoms with Gasteiger partial charge in [-0.15, -0.1) is 0 Å². The lowest BCUT2D eigenvalue weighted by molar-refractivity contribution is 0.0527. The number of hydrogen-bond donors (Lipinski definition) is 1. The second-order valence-electron chi connectivity index (χ2n) is 3.86. The molecule has 0 fully saturated rings. The molecule has 4 heteroatoms. The smallest absolute Gasteiger partial charge is 0.119 e. The monoisotopic (exact) mass is 257 g/mol. The van der Waals surface area contributed by atoms with Gasteiger partial charge < -0.3 is 15.2 Å². The van der Waals surface area contributed by atoms with E-state index in [2.05, 4.69) is 0 Å². The summed E-state index contributed by atoms with van der Waals surface area (Å²) in [6, 6.07) is 5.64. The summed E-state index contributed by atoms with van der Waals surface area (Å²) in [5.74, 6) is 0.833. The van der Waals surface area contributed by atoms with Gasteiger partial charge in [0.1, 0.15) is 5.75 Å². The van der Waals surface area contributed by atoms with Crippen molar-refractivity contribution >= 4 is 11.6 Å². The van der Waals surface area contributed by atoms with Crippen LogP contribution in [0.1, 0.15) is 18.9 Å². The van der Waals surface area contributed by atoms with Gasteiger partial charge in [0.25, 0.3) is 0 Å². The van der Waals surface area contributed by atoms with E-state index in [0.29, 0.717) is 19.8 Å². The van der Waals surface area contributed by atoms with Crippen molar-refractivity contribution in [3.8, 4) is 5.75 Å². The molecule has 0 spiro atoms. The normalized spacial score (nSPS) is 12.5. The first kappa shape index (κ1) is 14.3. The van der Waals surface area contributed by atoms with E-state index in [4.69, 9.17) is 26.8 Å². The minimum Gasteiger partial charge on any atom is -0.493 e. The fraction of sp³-hybridized carbons (Fsp3) is 0.538. The van der Waals surface area contributed by atoms with Gasteiger partial charge in [-0.1, -0.05) is 11.6 Å². The standard InChI is InChI=1S/C13H20ClNO2/c1-3-16-12(9-15)6-7-17-11-4-5-13(14)10(2)8-11/h4-5,8,12H,3,6-7,9,15H2,1-2H3. The van der Waals surface area contributed by atoms with Gasteiger partial charge in [0.05, 0.1) is 12.7 Å². The number of rotatable bonds is 7. The first-order valence-electron chi connectivity index (χ1n) is 5.88. The molecular formula is C13H20ClNO2. The summed E-state index contributed by atoms with van der Waals surface area (Å²) in [5.41, 5.74) is 6.60. The molecule has 96 valence electrons. The van der Waals surface area contributed by atoms with E-state index >= 15 is 0 Å². The van der Waals surface area contributed by atoms with Gasteiger partial charge in [-0.3, -0.25) is 0 Å². The first-order chi connectivity index (χ1) is 8.17. The van der Waals surface area contributed by atoms with Crippen LogP contribution in [0.4, 0.5) is 0 Å². The molecule has 0 radical (unpaired) electrons. The van der Waals surface area contributed by atoms with Crippen molar-refractivity contribution in [2.75, 3.05) is 19.8 Å². The van der Waals surface area contributed by atoms with Crippen LogP contribution >= 0.6 is 11.6 Å². The molecule has 0 heterocycles. The van der Waals surface area contributed by atoms with Crippen LogP contribution in [0.15, 0.2) is 18.2 Å². The maximum absolute atomic E-state index is 5.94. The molecule has 1 atom stereocenters. The Labute approximate surface area is 108 Å². The minimum atomic E-state index is 0.0772. The lowest BCUT2D eigenvalue weighted by atomic mass is 10.2. The third kappa shape index (κ3) is 4.94. The van der Waals surface area contributed by atoms with Crippen LogP contribution in [0.2, 0.25) is 5.02 Å². The Morgan fingerprint density at radius 1 is 1.41 bits per heavy atom. The number of halogens is 1. The molecule has 1 unspecified atom stereocenters. The van der Waals surface area contributed by atoms with Crippen molar-refractivity contribution in [1.82, 2.24) is 0 Å². The van der Waals surface area contributed by atoms with E-state index in [1.54, 1.807) is 0 Å². The van der Waals surface area contributed by atoms with E-state index < -0.39 is 0 Å². The predicted octanol–water partition coefficient (Wildman–Crippen LogP) is 2.78. The summed E-state index contributed by atoms with van der Waals surface area (Å²) in [6.07, 6.45) is 0.875. The zero-order chi connectivity index (χ0) is 12.7. The topological polar surface area (TPSA) is 44.5 Å². The average Bonchev–Trinajstić information content (AvgIpc) is 2.32. The highest BCUT2D eigenvalue weighted by atomic mass is 35.5. The molecule has 0 aliphatic heterocycles. The number of hydrogen-bond acceptors (Lipinski definition) is 3. The quantitative estimate of drug-likeness (QED) is 0.817. The van der Waals surface area contributed by atoms with Crippen LogP contribution in [0.5, 0.6) is 5.75 Å². The van der Waals surface area contributed by atoms with Crippen LogP contribution in [0, 0.1) is 6.92 Å². The SMILES string of the molecule is CCOC(CN)CCOc1ccc(Cl)c(C)c1. The van der Waals surface area contributed by atoms with E-state index in [0.717, 1.165) is 22.8 Å². The molecule has 0 saturated heterocycles. The van der Waals surface area contributed by atoms with Gasteiger partial charge in [-0.25, -0.2) is 0 Å². The minimum absolute atomic E-state index is 0.0772. The Hall–Kier alpha value is -0.770. The van der Waals surface area contributed by atoms with Gasteiger partial charge in [-0.2, -0.15) is 0 Å². The molecule has 0 aliphatic rings. The summed E-state index contributed by atoms with van der Waals surface area (Å²) in [6.45, 7) is 5.73. The van der Waals surface area contributed by atoms with Gasteiger partial charge in [0.15, 0.2) is 0 Å². The molecule has 2 N–H and O–H groups in total. The molecule has 1 rings (SSSR count). The zero-order valence-electron chi connectivity index (χ0n) is 10.4. The number of nitrogens with two attached hydrogens (primary N) is 1. The van der Waals surface area contributed by atoms with Gasteiger partial charge >= 0.3 is 0 Å². The zero-order valence-corrected chi connectivity index (χ0v) is 11.2. The largest absolute Gasteiger partial charge is 0.493 e. The maximum Gasteiger partial charge on any atom is 0.119 e. The molecular weight excluding hydrogens is 238 g/mol. The fourth-order valence-electron chi connectivity index (χ4n) is 1.52. The molecule has 17 heavy (non-hydrogen) atoms. The average molecular weight is 258 g/mol. The molecule has 3 nitrogen and oxygen atoms in total. The van der Waals surface area contributed by atoms with Gasteiger partial charge in [-0.05, 0) is 37.6 Å². The Balaban J connectivity index is 2.37.